The van der Waals surface area contributed by atoms with Crippen molar-refractivity contribution in [1.82, 2.24) is 15.6 Å². The van der Waals surface area contributed by atoms with Crippen molar-refractivity contribution in [2.45, 2.75) is 39.5 Å². The van der Waals surface area contributed by atoms with Gasteiger partial charge in [-0.15, -0.1) is 11.3 Å². The second kappa shape index (κ2) is 9.42. The number of nitrogens with zero attached hydrogens (tertiary/aromatic N) is 2. The highest BCUT2D eigenvalue weighted by Crippen LogP contribution is 2.23. The topological polar surface area (TPSA) is 58.5 Å². The number of aromatic nitrogens is 1. The number of halogens is 3. The number of alkyl halides is 2. The van der Waals surface area contributed by atoms with Crippen molar-refractivity contribution in [1.29, 1.82) is 0 Å². The van der Waals surface area contributed by atoms with Gasteiger partial charge in [-0.1, -0.05) is 19.9 Å². The van der Waals surface area contributed by atoms with Crippen LogP contribution in [0.2, 0.25) is 0 Å². The van der Waals surface area contributed by atoms with Gasteiger partial charge in [-0.05, 0) is 18.1 Å². The molecule has 0 amide bonds. The highest BCUT2D eigenvalue weighted by Gasteiger charge is 2.14. The molecule has 0 aliphatic rings. The van der Waals surface area contributed by atoms with Crippen molar-refractivity contribution in [3.05, 3.63) is 45.7 Å². The van der Waals surface area contributed by atoms with E-state index in [0.717, 1.165) is 10.7 Å². The molecule has 0 saturated heterocycles. The van der Waals surface area contributed by atoms with Crippen molar-refractivity contribution < 1.29 is 17.9 Å². The Labute approximate surface area is 154 Å². The predicted octanol–water partition coefficient (Wildman–Crippen LogP) is 3.87. The summed E-state index contributed by atoms with van der Waals surface area (Å²) in [4.78, 5) is 8.55. The molecule has 2 N–H and O–H groups in total. The summed E-state index contributed by atoms with van der Waals surface area (Å²) in [5, 5.41) is 8.85. The van der Waals surface area contributed by atoms with E-state index >= 15 is 0 Å². The van der Waals surface area contributed by atoms with Gasteiger partial charge in [0.25, 0.3) is 0 Å². The molecular weight excluding hydrogens is 365 g/mol. The number of thiazole rings is 1. The average Bonchev–Trinajstić information content (AvgIpc) is 3.05. The van der Waals surface area contributed by atoms with E-state index in [1.165, 1.54) is 29.5 Å². The van der Waals surface area contributed by atoms with Crippen molar-refractivity contribution in [2.24, 2.45) is 4.99 Å². The average molecular weight is 386 g/mol. The van der Waals surface area contributed by atoms with Gasteiger partial charge in [-0.25, -0.2) is 9.37 Å². The lowest BCUT2D eigenvalue weighted by Gasteiger charge is -2.14. The number of aliphatic imine (C=N–C) groups is 1. The fourth-order valence-electron chi connectivity index (χ4n) is 2.14. The van der Waals surface area contributed by atoms with Gasteiger partial charge in [-0.2, -0.15) is 8.78 Å². The first-order chi connectivity index (χ1) is 12.4. The zero-order chi connectivity index (χ0) is 19.1. The summed E-state index contributed by atoms with van der Waals surface area (Å²) in [6.45, 7) is 1.52. The Morgan fingerprint density at radius 2 is 2.00 bits per heavy atom. The minimum Gasteiger partial charge on any atom is -0.434 e. The fourth-order valence-corrected chi connectivity index (χ4v) is 3.04. The molecule has 1 aromatic carbocycles. The Morgan fingerprint density at radius 3 is 2.62 bits per heavy atom. The molecule has 26 heavy (non-hydrogen) atoms. The second-order valence-electron chi connectivity index (χ2n) is 5.70. The van der Waals surface area contributed by atoms with Gasteiger partial charge < -0.3 is 15.4 Å². The maximum atomic E-state index is 14.0. The van der Waals surface area contributed by atoms with E-state index in [0.29, 0.717) is 18.4 Å². The lowest BCUT2D eigenvalue weighted by molar-refractivity contribution is -0.0506. The molecule has 0 aliphatic heterocycles. The molecule has 0 bridgehead atoms. The largest absolute Gasteiger partial charge is 0.434 e. The SMILES string of the molecule is CN=C(NCc1nc(C(C)C)cs1)NCc1c(F)cccc1OC(F)F. The van der Waals surface area contributed by atoms with Gasteiger partial charge in [-0.3, -0.25) is 4.99 Å². The molecule has 0 saturated carbocycles. The summed E-state index contributed by atoms with van der Waals surface area (Å²) in [6, 6.07) is 3.80. The van der Waals surface area contributed by atoms with Crippen LogP contribution in [0.15, 0.2) is 28.6 Å². The molecule has 1 heterocycles. The first kappa shape index (κ1) is 20.0. The Morgan fingerprint density at radius 1 is 1.27 bits per heavy atom. The Hall–Kier alpha value is -2.29. The van der Waals surface area contributed by atoms with Gasteiger partial charge in [0.05, 0.1) is 12.2 Å². The maximum absolute atomic E-state index is 14.0. The van der Waals surface area contributed by atoms with Crippen molar-refractivity contribution in [3.63, 3.8) is 0 Å². The summed E-state index contributed by atoms with van der Waals surface area (Å²) in [5.74, 6) is -0.0821. The van der Waals surface area contributed by atoms with Gasteiger partial charge in [0.2, 0.25) is 0 Å². The predicted molar refractivity (Wildman–Crippen MR) is 96.3 cm³/mol. The van der Waals surface area contributed by atoms with Crippen molar-refractivity contribution in [3.8, 4) is 5.75 Å². The molecule has 0 unspecified atom stereocenters. The van der Waals surface area contributed by atoms with Crippen LogP contribution in [0.25, 0.3) is 0 Å². The van der Waals surface area contributed by atoms with Crippen molar-refractivity contribution in [2.75, 3.05) is 7.05 Å². The molecule has 0 aliphatic carbocycles. The minimum absolute atomic E-state index is 0.00657. The first-order valence-electron chi connectivity index (χ1n) is 8.01. The standard InChI is InChI=1S/C17H21F3N4OS/c1-10(2)13-9-26-15(24-13)8-23-17(21-3)22-7-11-12(18)5-4-6-14(11)25-16(19)20/h4-6,9-10,16H,7-8H2,1-3H3,(H2,21,22,23). The van der Waals surface area contributed by atoms with Crippen LogP contribution in [0.3, 0.4) is 0 Å². The van der Waals surface area contributed by atoms with E-state index in [9.17, 15) is 13.2 Å². The summed E-state index contributed by atoms with van der Waals surface area (Å²) < 4.78 is 43.2. The van der Waals surface area contributed by atoms with E-state index < -0.39 is 12.4 Å². The second-order valence-corrected chi connectivity index (χ2v) is 6.64. The van der Waals surface area contributed by atoms with Crippen LogP contribution < -0.4 is 15.4 Å². The first-order valence-corrected chi connectivity index (χ1v) is 8.89. The van der Waals surface area contributed by atoms with Gasteiger partial charge in [0, 0.05) is 24.5 Å². The third-order valence-electron chi connectivity index (χ3n) is 3.52. The molecule has 2 rings (SSSR count). The highest BCUT2D eigenvalue weighted by molar-refractivity contribution is 7.09. The molecule has 0 atom stereocenters. The Kier molecular flexibility index (Phi) is 7.26. The number of nitrogens with one attached hydrogen (secondary N) is 2. The van der Waals surface area contributed by atoms with Crippen LogP contribution in [0.5, 0.6) is 5.75 Å². The summed E-state index contributed by atoms with van der Waals surface area (Å²) >= 11 is 1.54. The van der Waals surface area contributed by atoms with Crippen LogP contribution >= 0.6 is 11.3 Å². The number of hydrogen-bond donors (Lipinski definition) is 2. The normalized spacial score (nSPS) is 11.9. The zero-order valence-electron chi connectivity index (χ0n) is 14.7. The molecule has 0 fully saturated rings. The van der Waals surface area contributed by atoms with E-state index in [1.54, 1.807) is 7.05 Å². The van der Waals surface area contributed by atoms with E-state index in [4.69, 9.17) is 0 Å². The molecule has 142 valence electrons. The Balaban J connectivity index is 1.96. The number of benzene rings is 1. The molecule has 0 spiro atoms. The number of ether oxygens (including phenoxy) is 1. The smallest absolute Gasteiger partial charge is 0.387 e. The van der Waals surface area contributed by atoms with E-state index in [1.807, 2.05) is 5.38 Å². The molecule has 9 heteroatoms. The number of guanidine groups is 1. The number of rotatable bonds is 7. The van der Waals surface area contributed by atoms with Crippen molar-refractivity contribution >= 4 is 17.3 Å². The summed E-state index contributed by atoms with van der Waals surface area (Å²) in [7, 11) is 1.56. The minimum atomic E-state index is -3.02. The fraction of sp³-hybridized carbons (Fsp3) is 0.412. The van der Waals surface area contributed by atoms with Gasteiger partial charge >= 0.3 is 6.61 Å². The summed E-state index contributed by atoms with van der Waals surface area (Å²) in [6.07, 6.45) is 0. The zero-order valence-corrected chi connectivity index (χ0v) is 15.5. The van der Waals surface area contributed by atoms with Crippen LogP contribution in [-0.4, -0.2) is 24.6 Å². The van der Waals surface area contributed by atoms with Crippen LogP contribution in [0.1, 0.15) is 36.0 Å². The van der Waals surface area contributed by atoms with E-state index in [-0.39, 0.29) is 17.9 Å². The van der Waals surface area contributed by atoms with E-state index in [2.05, 4.69) is 39.2 Å². The van der Waals surface area contributed by atoms with Crippen LogP contribution in [0, 0.1) is 5.82 Å². The quantitative estimate of drug-likeness (QED) is 0.560. The number of hydrogen-bond acceptors (Lipinski definition) is 4. The molecule has 2 aromatic rings. The third-order valence-corrected chi connectivity index (χ3v) is 4.38. The molecule has 1 aromatic heterocycles. The van der Waals surface area contributed by atoms with Gasteiger partial charge in [0.15, 0.2) is 5.96 Å². The molecule has 0 radical (unpaired) electrons. The summed E-state index contributed by atoms with van der Waals surface area (Å²) in [5.41, 5.74) is 1.03. The highest BCUT2D eigenvalue weighted by atomic mass is 32.1. The van der Waals surface area contributed by atoms with Crippen LogP contribution in [-0.2, 0) is 13.1 Å². The monoisotopic (exact) mass is 386 g/mol. The maximum Gasteiger partial charge on any atom is 0.387 e. The Bertz CT molecular complexity index is 749. The third kappa shape index (κ3) is 5.62. The molecule has 5 nitrogen and oxygen atoms in total. The lowest BCUT2D eigenvalue weighted by Crippen LogP contribution is -2.36. The lowest BCUT2D eigenvalue weighted by atomic mass is 10.2. The van der Waals surface area contributed by atoms with Gasteiger partial charge in [0.1, 0.15) is 16.6 Å². The van der Waals surface area contributed by atoms with Crippen LogP contribution in [0.4, 0.5) is 13.2 Å². The molecular formula is C17H21F3N4OS.